The summed E-state index contributed by atoms with van der Waals surface area (Å²) in [5.74, 6) is -0.218. The lowest BCUT2D eigenvalue weighted by Crippen LogP contribution is -2.37. The fourth-order valence-corrected chi connectivity index (χ4v) is 4.42. The van der Waals surface area contributed by atoms with E-state index in [1.54, 1.807) is 49.6 Å². The molecule has 3 atom stereocenters. The van der Waals surface area contributed by atoms with Gasteiger partial charge < -0.3 is 9.47 Å². The number of benzene rings is 3. The molecule has 0 N–H and O–H groups in total. The topological polar surface area (TPSA) is 68.3 Å². The molecule has 3 aromatic carbocycles. The lowest BCUT2D eigenvalue weighted by molar-refractivity contribution is -0.126. The predicted octanol–water partition coefficient (Wildman–Crippen LogP) is 3.75. The van der Waals surface area contributed by atoms with Crippen LogP contribution in [0.4, 0.5) is 11.4 Å². The Morgan fingerprint density at radius 1 is 0.781 bits per heavy atom. The zero-order valence-corrected chi connectivity index (χ0v) is 17.7. The molecule has 0 saturated carbocycles. The van der Waals surface area contributed by atoms with Crippen molar-refractivity contribution in [2.75, 3.05) is 24.2 Å². The van der Waals surface area contributed by atoms with E-state index in [2.05, 4.69) is 0 Å². The van der Waals surface area contributed by atoms with Crippen LogP contribution in [0.3, 0.4) is 0 Å². The second kappa shape index (κ2) is 8.01. The third-order valence-corrected chi connectivity index (χ3v) is 5.90. The number of nitrogens with zero attached hydrogens (tertiary/aromatic N) is 2. The zero-order valence-electron chi connectivity index (χ0n) is 17.7. The van der Waals surface area contributed by atoms with Gasteiger partial charge in [-0.25, -0.2) is 9.96 Å². The molecule has 2 fully saturated rings. The summed E-state index contributed by atoms with van der Waals surface area (Å²) in [5.41, 5.74) is 2.02. The van der Waals surface area contributed by atoms with Crippen LogP contribution in [0.15, 0.2) is 78.9 Å². The van der Waals surface area contributed by atoms with E-state index in [1.165, 1.54) is 4.90 Å². The van der Waals surface area contributed by atoms with Crippen molar-refractivity contribution >= 4 is 23.2 Å². The van der Waals surface area contributed by atoms with Crippen LogP contribution in [-0.2, 0) is 14.4 Å². The number of rotatable bonds is 5. The van der Waals surface area contributed by atoms with Crippen molar-refractivity contribution in [2.24, 2.45) is 5.92 Å². The SMILES string of the molecule is COc1ccc(C2C3C(=O)N(c4ccccc4)C(=O)C3ON2c2ccccc2)c(OC)c1. The van der Waals surface area contributed by atoms with Crippen molar-refractivity contribution in [3.05, 3.63) is 84.4 Å². The Morgan fingerprint density at radius 2 is 1.44 bits per heavy atom. The largest absolute Gasteiger partial charge is 0.497 e. The van der Waals surface area contributed by atoms with Gasteiger partial charge in [0.2, 0.25) is 5.91 Å². The van der Waals surface area contributed by atoms with E-state index in [0.29, 0.717) is 17.2 Å². The van der Waals surface area contributed by atoms with Gasteiger partial charge >= 0.3 is 0 Å². The summed E-state index contributed by atoms with van der Waals surface area (Å²) in [7, 11) is 3.15. The summed E-state index contributed by atoms with van der Waals surface area (Å²) in [6, 6.07) is 23.2. The van der Waals surface area contributed by atoms with Crippen LogP contribution >= 0.6 is 0 Å². The highest BCUT2D eigenvalue weighted by Gasteiger charge is 2.60. The van der Waals surface area contributed by atoms with Gasteiger partial charge in [0.05, 0.1) is 31.6 Å². The van der Waals surface area contributed by atoms with Gasteiger partial charge in [-0.3, -0.25) is 14.4 Å². The second-order valence-corrected chi connectivity index (χ2v) is 7.61. The predicted molar refractivity (Wildman–Crippen MR) is 119 cm³/mol. The van der Waals surface area contributed by atoms with Crippen molar-refractivity contribution in [3.8, 4) is 11.5 Å². The first-order valence-corrected chi connectivity index (χ1v) is 10.3. The van der Waals surface area contributed by atoms with Gasteiger partial charge in [-0.1, -0.05) is 36.4 Å². The molecule has 0 aliphatic carbocycles. The Morgan fingerprint density at radius 3 is 2.06 bits per heavy atom. The van der Waals surface area contributed by atoms with E-state index in [1.807, 2.05) is 48.5 Å². The first-order chi connectivity index (χ1) is 15.6. The van der Waals surface area contributed by atoms with E-state index in [9.17, 15) is 9.59 Å². The quantitative estimate of drug-likeness (QED) is 0.575. The van der Waals surface area contributed by atoms with Crippen LogP contribution in [-0.4, -0.2) is 32.1 Å². The van der Waals surface area contributed by atoms with Crippen molar-refractivity contribution in [3.63, 3.8) is 0 Å². The van der Waals surface area contributed by atoms with Crippen LogP contribution in [0.1, 0.15) is 11.6 Å². The summed E-state index contributed by atoms with van der Waals surface area (Å²) < 4.78 is 11.0. The van der Waals surface area contributed by atoms with Gasteiger partial charge in [0.15, 0.2) is 6.10 Å². The summed E-state index contributed by atoms with van der Waals surface area (Å²) in [6.07, 6.45) is -0.931. The van der Waals surface area contributed by atoms with E-state index >= 15 is 0 Å². The average molecular weight is 430 g/mol. The minimum atomic E-state index is -0.931. The molecule has 0 bridgehead atoms. The number of anilines is 2. The number of para-hydroxylation sites is 2. The molecule has 2 aliphatic rings. The summed E-state index contributed by atoms with van der Waals surface area (Å²) in [5, 5.41) is 1.65. The van der Waals surface area contributed by atoms with Crippen LogP contribution < -0.4 is 19.4 Å². The molecule has 7 nitrogen and oxygen atoms in total. The Balaban J connectivity index is 1.63. The highest BCUT2D eigenvalue weighted by atomic mass is 16.7. The molecule has 5 rings (SSSR count). The fraction of sp³-hybridized carbons (Fsp3) is 0.200. The maximum Gasteiger partial charge on any atom is 0.266 e. The number of methoxy groups -OCH3 is 2. The zero-order chi connectivity index (χ0) is 22.2. The third-order valence-electron chi connectivity index (χ3n) is 5.90. The molecule has 0 radical (unpaired) electrons. The Bertz CT molecular complexity index is 1150. The highest BCUT2D eigenvalue weighted by Crippen LogP contribution is 2.49. The molecule has 2 amide bonds. The molecule has 32 heavy (non-hydrogen) atoms. The van der Waals surface area contributed by atoms with Gasteiger partial charge in [0, 0.05) is 11.6 Å². The van der Waals surface area contributed by atoms with Crippen LogP contribution in [0, 0.1) is 5.92 Å². The number of fused-ring (bicyclic) bond motifs is 1. The molecule has 162 valence electrons. The molecule has 3 unspecified atom stereocenters. The molecule has 2 aliphatic heterocycles. The van der Waals surface area contributed by atoms with Crippen molar-refractivity contribution in [2.45, 2.75) is 12.1 Å². The van der Waals surface area contributed by atoms with Crippen LogP contribution in [0.5, 0.6) is 11.5 Å². The lowest BCUT2D eigenvalue weighted by Gasteiger charge is -2.29. The summed E-state index contributed by atoms with van der Waals surface area (Å²) in [4.78, 5) is 34.3. The van der Waals surface area contributed by atoms with Gasteiger partial charge in [-0.2, -0.15) is 0 Å². The van der Waals surface area contributed by atoms with Crippen molar-refractivity contribution in [1.29, 1.82) is 0 Å². The molecular weight excluding hydrogens is 408 g/mol. The van der Waals surface area contributed by atoms with Gasteiger partial charge in [-0.15, -0.1) is 0 Å². The van der Waals surface area contributed by atoms with Gasteiger partial charge in [0.25, 0.3) is 5.91 Å². The lowest BCUT2D eigenvalue weighted by atomic mass is 9.90. The number of carbonyl (C=O) groups excluding carboxylic acids is 2. The van der Waals surface area contributed by atoms with Crippen LogP contribution in [0.2, 0.25) is 0 Å². The van der Waals surface area contributed by atoms with E-state index in [-0.39, 0.29) is 11.8 Å². The maximum absolute atomic E-state index is 13.6. The first kappa shape index (κ1) is 20.1. The Hall–Kier alpha value is -3.84. The summed E-state index contributed by atoms with van der Waals surface area (Å²) in [6.45, 7) is 0. The average Bonchev–Trinajstić information content (AvgIpc) is 3.35. The standard InChI is InChI=1S/C25H22N2O5/c1-30-18-13-14-19(20(15-18)31-2)22-21-23(32-27(22)17-11-7-4-8-12-17)25(29)26(24(21)28)16-9-5-3-6-10-16/h3-15,21-23H,1-2H3. The number of hydroxylamine groups is 1. The third kappa shape index (κ3) is 3.09. The van der Waals surface area contributed by atoms with Crippen molar-refractivity contribution in [1.82, 2.24) is 0 Å². The summed E-state index contributed by atoms with van der Waals surface area (Å²) >= 11 is 0. The fourth-order valence-electron chi connectivity index (χ4n) is 4.42. The monoisotopic (exact) mass is 430 g/mol. The number of imide groups is 1. The number of hydrogen-bond acceptors (Lipinski definition) is 6. The van der Waals surface area contributed by atoms with E-state index < -0.39 is 18.1 Å². The minimum Gasteiger partial charge on any atom is -0.497 e. The first-order valence-electron chi connectivity index (χ1n) is 10.3. The molecular formula is C25H22N2O5. The number of hydrogen-bond donors (Lipinski definition) is 0. The molecule has 3 aromatic rings. The number of carbonyl (C=O) groups is 2. The number of amides is 2. The highest BCUT2D eigenvalue weighted by molar-refractivity contribution is 6.23. The number of ether oxygens (including phenoxy) is 2. The van der Waals surface area contributed by atoms with Crippen molar-refractivity contribution < 1.29 is 23.9 Å². The molecule has 2 saturated heterocycles. The molecule has 0 spiro atoms. The Labute approximate surface area is 185 Å². The molecule has 2 heterocycles. The smallest absolute Gasteiger partial charge is 0.266 e. The Kier molecular flexibility index (Phi) is 5.03. The van der Waals surface area contributed by atoms with Crippen LogP contribution in [0.25, 0.3) is 0 Å². The molecule has 7 heteroatoms. The normalized spacial score (nSPS) is 22.2. The molecule has 0 aromatic heterocycles. The van der Waals surface area contributed by atoms with Gasteiger partial charge in [-0.05, 0) is 36.4 Å². The van der Waals surface area contributed by atoms with E-state index in [0.717, 1.165) is 11.3 Å². The minimum absolute atomic E-state index is 0.299. The second-order valence-electron chi connectivity index (χ2n) is 7.61. The van der Waals surface area contributed by atoms with E-state index in [4.69, 9.17) is 14.3 Å². The maximum atomic E-state index is 13.6. The van der Waals surface area contributed by atoms with Gasteiger partial charge in [0.1, 0.15) is 17.4 Å².